The molecule has 1 unspecified atom stereocenters. The molecule has 1 N–H and O–H groups in total. The third-order valence-electron chi connectivity index (χ3n) is 3.45. The van der Waals surface area contributed by atoms with E-state index in [4.69, 9.17) is 0 Å². The third kappa shape index (κ3) is 3.07. The van der Waals surface area contributed by atoms with Gasteiger partial charge in [0.1, 0.15) is 0 Å². The average molecular weight is 322 g/mol. The second kappa shape index (κ2) is 5.88. The molecule has 0 radical (unpaired) electrons. The Morgan fingerprint density at radius 1 is 1.37 bits per heavy atom. The van der Waals surface area contributed by atoms with Gasteiger partial charge < -0.3 is 5.32 Å². The first kappa shape index (κ1) is 14.3. The Hall–Kier alpha value is -1.13. The van der Waals surface area contributed by atoms with Crippen LogP contribution in [-0.2, 0) is 13.5 Å². The van der Waals surface area contributed by atoms with Crippen LogP contribution in [0.5, 0.6) is 0 Å². The van der Waals surface area contributed by atoms with Crippen molar-refractivity contribution in [2.45, 2.75) is 26.3 Å². The monoisotopic (exact) mass is 321 g/mol. The predicted molar refractivity (Wildman–Crippen MR) is 82.3 cm³/mol. The predicted octanol–water partition coefficient (Wildman–Crippen LogP) is 3.30. The number of aromatic nitrogens is 2. The molecule has 2 aromatic rings. The number of benzene rings is 1. The van der Waals surface area contributed by atoms with Crippen molar-refractivity contribution in [2.24, 2.45) is 7.05 Å². The average Bonchev–Trinajstić information content (AvgIpc) is 2.61. The van der Waals surface area contributed by atoms with E-state index in [0.717, 1.165) is 16.6 Å². The van der Waals surface area contributed by atoms with E-state index in [9.17, 15) is 0 Å². The van der Waals surface area contributed by atoms with Crippen LogP contribution < -0.4 is 5.32 Å². The Kier molecular flexibility index (Phi) is 4.42. The molecule has 19 heavy (non-hydrogen) atoms. The highest BCUT2D eigenvalue weighted by molar-refractivity contribution is 9.10. The molecule has 1 aromatic carbocycles. The van der Waals surface area contributed by atoms with Gasteiger partial charge in [0.05, 0.1) is 15.9 Å². The van der Waals surface area contributed by atoms with Crippen LogP contribution in [0.25, 0.3) is 0 Å². The molecule has 0 aliphatic rings. The molecule has 0 saturated carbocycles. The summed E-state index contributed by atoms with van der Waals surface area (Å²) < 4.78 is 3.07. The van der Waals surface area contributed by atoms with E-state index in [1.54, 1.807) is 0 Å². The van der Waals surface area contributed by atoms with Gasteiger partial charge in [-0.15, -0.1) is 0 Å². The van der Waals surface area contributed by atoms with Crippen LogP contribution in [0.15, 0.2) is 28.7 Å². The second-order valence-electron chi connectivity index (χ2n) is 4.93. The van der Waals surface area contributed by atoms with Gasteiger partial charge >= 0.3 is 0 Å². The zero-order valence-electron chi connectivity index (χ0n) is 11.9. The van der Waals surface area contributed by atoms with Gasteiger partial charge in [-0.05, 0) is 42.4 Å². The quantitative estimate of drug-likeness (QED) is 0.936. The second-order valence-corrected chi connectivity index (χ2v) is 5.72. The summed E-state index contributed by atoms with van der Waals surface area (Å²) >= 11 is 3.63. The van der Waals surface area contributed by atoms with Gasteiger partial charge in [0.15, 0.2) is 0 Å². The Bertz CT molecular complexity index is 575. The molecule has 0 spiro atoms. The lowest BCUT2D eigenvalue weighted by atomic mass is 10.0. The molecule has 0 fully saturated rings. The Balaban J connectivity index is 2.29. The highest BCUT2D eigenvalue weighted by atomic mass is 79.9. The molecule has 102 valence electrons. The van der Waals surface area contributed by atoms with E-state index in [0.29, 0.717) is 6.04 Å². The van der Waals surface area contributed by atoms with Gasteiger partial charge in [-0.25, -0.2) is 0 Å². The van der Waals surface area contributed by atoms with Gasteiger partial charge in [-0.3, -0.25) is 4.68 Å². The molecule has 1 atom stereocenters. The Morgan fingerprint density at radius 3 is 2.63 bits per heavy atom. The molecule has 3 nitrogen and oxygen atoms in total. The number of hydrogen-bond acceptors (Lipinski definition) is 2. The van der Waals surface area contributed by atoms with Crippen molar-refractivity contribution in [2.75, 3.05) is 7.05 Å². The Labute approximate surface area is 123 Å². The maximum absolute atomic E-state index is 4.45. The van der Waals surface area contributed by atoms with Crippen molar-refractivity contribution in [3.8, 4) is 0 Å². The van der Waals surface area contributed by atoms with Gasteiger partial charge in [-0.1, -0.05) is 29.8 Å². The topological polar surface area (TPSA) is 29.9 Å². The first-order chi connectivity index (χ1) is 9.02. The molecular weight excluding hydrogens is 302 g/mol. The minimum Gasteiger partial charge on any atom is -0.313 e. The molecule has 1 heterocycles. The summed E-state index contributed by atoms with van der Waals surface area (Å²) in [7, 11) is 4.00. The van der Waals surface area contributed by atoms with E-state index < -0.39 is 0 Å². The van der Waals surface area contributed by atoms with E-state index >= 15 is 0 Å². The molecule has 0 amide bonds. The summed E-state index contributed by atoms with van der Waals surface area (Å²) in [4.78, 5) is 0. The summed E-state index contributed by atoms with van der Waals surface area (Å²) in [5.41, 5.74) is 4.86. The highest BCUT2D eigenvalue weighted by Gasteiger charge is 2.17. The van der Waals surface area contributed by atoms with Crippen molar-refractivity contribution in [1.82, 2.24) is 15.1 Å². The van der Waals surface area contributed by atoms with E-state index in [1.165, 1.54) is 16.8 Å². The van der Waals surface area contributed by atoms with Crippen LogP contribution in [0.4, 0.5) is 0 Å². The fourth-order valence-corrected chi connectivity index (χ4v) is 2.87. The van der Waals surface area contributed by atoms with E-state index in [1.807, 2.05) is 25.7 Å². The van der Waals surface area contributed by atoms with Gasteiger partial charge in [0.2, 0.25) is 0 Å². The van der Waals surface area contributed by atoms with Crippen molar-refractivity contribution in [1.29, 1.82) is 0 Å². The maximum atomic E-state index is 4.45. The lowest BCUT2D eigenvalue weighted by molar-refractivity contribution is 0.560. The standard InChI is InChI=1S/C15H20BrN3/c1-10-6-5-7-12(8-10)13(17-3)9-14-15(16)11(2)18-19(14)4/h5-8,13,17H,9H2,1-4H3. The molecule has 0 aliphatic heterocycles. The van der Waals surface area contributed by atoms with Crippen LogP contribution in [0.2, 0.25) is 0 Å². The lowest BCUT2D eigenvalue weighted by Gasteiger charge is -2.17. The van der Waals surface area contributed by atoms with Gasteiger partial charge in [-0.2, -0.15) is 5.10 Å². The molecular formula is C15H20BrN3. The van der Waals surface area contributed by atoms with E-state index in [2.05, 4.69) is 57.5 Å². The number of likely N-dealkylation sites (N-methyl/N-ethyl adjacent to an activating group) is 1. The smallest absolute Gasteiger partial charge is 0.0738 e. The number of nitrogens with one attached hydrogen (secondary N) is 1. The summed E-state index contributed by atoms with van der Waals surface area (Å²) in [5, 5.41) is 7.85. The number of hydrogen-bond donors (Lipinski definition) is 1. The molecule has 0 bridgehead atoms. The van der Waals surface area contributed by atoms with Crippen LogP contribution >= 0.6 is 15.9 Å². The first-order valence-electron chi connectivity index (χ1n) is 6.44. The molecule has 0 saturated heterocycles. The SMILES string of the molecule is CNC(Cc1c(Br)c(C)nn1C)c1cccc(C)c1. The summed E-state index contributed by atoms with van der Waals surface area (Å²) in [6, 6.07) is 8.94. The van der Waals surface area contributed by atoms with Crippen molar-refractivity contribution < 1.29 is 0 Å². The van der Waals surface area contributed by atoms with Gasteiger partial charge in [0, 0.05) is 19.5 Å². The minimum atomic E-state index is 0.297. The van der Waals surface area contributed by atoms with Crippen molar-refractivity contribution in [3.63, 3.8) is 0 Å². The number of aryl methyl sites for hydroxylation is 3. The number of halogens is 1. The van der Waals surface area contributed by atoms with Crippen LogP contribution in [0.3, 0.4) is 0 Å². The largest absolute Gasteiger partial charge is 0.313 e. The van der Waals surface area contributed by atoms with E-state index in [-0.39, 0.29) is 0 Å². The summed E-state index contributed by atoms with van der Waals surface area (Å²) in [6.07, 6.45) is 0.915. The molecule has 4 heteroatoms. The summed E-state index contributed by atoms with van der Waals surface area (Å²) in [5.74, 6) is 0. The van der Waals surface area contributed by atoms with Crippen LogP contribution in [0.1, 0.15) is 28.6 Å². The number of rotatable bonds is 4. The van der Waals surface area contributed by atoms with Crippen molar-refractivity contribution in [3.05, 3.63) is 51.3 Å². The highest BCUT2D eigenvalue weighted by Crippen LogP contribution is 2.26. The van der Waals surface area contributed by atoms with Crippen LogP contribution in [0, 0.1) is 13.8 Å². The Morgan fingerprint density at radius 2 is 2.11 bits per heavy atom. The maximum Gasteiger partial charge on any atom is 0.0738 e. The van der Waals surface area contributed by atoms with Gasteiger partial charge in [0.25, 0.3) is 0 Å². The zero-order valence-corrected chi connectivity index (χ0v) is 13.5. The van der Waals surface area contributed by atoms with Crippen LogP contribution in [-0.4, -0.2) is 16.8 Å². The molecule has 2 rings (SSSR count). The van der Waals surface area contributed by atoms with Crippen molar-refractivity contribution >= 4 is 15.9 Å². The zero-order chi connectivity index (χ0) is 14.0. The lowest BCUT2D eigenvalue weighted by Crippen LogP contribution is -2.20. The normalized spacial score (nSPS) is 12.7. The number of nitrogens with zero attached hydrogens (tertiary/aromatic N) is 2. The first-order valence-corrected chi connectivity index (χ1v) is 7.24. The minimum absolute atomic E-state index is 0.297. The fourth-order valence-electron chi connectivity index (χ4n) is 2.37. The fraction of sp³-hybridized carbons (Fsp3) is 0.400. The molecule has 0 aliphatic carbocycles. The third-order valence-corrected chi connectivity index (χ3v) is 4.48. The summed E-state index contributed by atoms with van der Waals surface area (Å²) in [6.45, 7) is 4.15. The molecule has 1 aromatic heterocycles.